The Morgan fingerprint density at radius 2 is 1.80 bits per heavy atom. The Labute approximate surface area is 122 Å². The lowest BCUT2D eigenvalue weighted by Crippen LogP contribution is -2.41. The molecule has 2 N–H and O–H groups in total. The largest absolute Gasteiger partial charge is 0.493 e. The standard InChI is InChI=1S/C17H27NO2/c1-4-17(9-5-6-10-17)16(18)12-13-7-8-14(19-2)15(11-13)20-3/h7-8,11,16H,4-6,9-10,12,18H2,1-3H3. The molecule has 3 heteroatoms. The average Bonchev–Trinajstić information content (AvgIpc) is 2.97. The summed E-state index contributed by atoms with van der Waals surface area (Å²) in [6.07, 6.45) is 7.30. The maximum atomic E-state index is 6.55. The van der Waals surface area contributed by atoms with Gasteiger partial charge in [-0.2, -0.15) is 0 Å². The molecule has 1 fully saturated rings. The van der Waals surface area contributed by atoms with E-state index < -0.39 is 0 Å². The van der Waals surface area contributed by atoms with Gasteiger partial charge in [-0.25, -0.2) is 0 Å². The summed E-state index contributed by atoms with van der Waals surface area (Å²) in [6, 6.07) is 6.35. The maximum absolute atomic E-state index is 6.55. The second kappa shape index (κ2) is 6.49. The summed E-state index contributed by atoms with van der Waals surface area (Å²) in [5.41, 5.74) is 8.12. The van der Waals surface area contributed by atoms with Crippen molar-refractivity contribution in [3.63, 3.8) is 0 Å². The van der Waals surface area contributed by atoms with Crippen LogP contribution in [-0.4, -0.2) is 20.3 Å². The highest BCUT2D eigenvalue weighted by Gasteiger charge is 2.37. The van der Waals surface area contributed by atoms with Gasteiger partial charge in [0, 0.05) is 6.04 Å². The summed E-state index contributed by atoms with van der Waals surface area (Å²) in [4.78, 5) is 0. The molecule has 3 nitrogen and oxygen atoms in total. The molecule has 1 unspecified atom stereocenters. The summed E-state index contributed by atoms with van der Waals surface area (Å²) < 4.78 is 10.7. The highest BCUT2D eigenvalue weighted by Crippen LogP contribution is 2.44. The first-order valence-electron chi connectivity index (χ1n) is 7.61. The molecule has 0 bridgehead atoms. The van der Waals surface area contributed by atoms with Crippen LogP contribution < -0.4 is 15.2 Å². The van der Waals surface area contributed by atoms with Crippen molar-refractivity contribution in [2.24, 2.45) is 11.1 Å². The van der Waals surface area contributed by atoms with E-state index in [9.17, 15) is 0 Å². The molecule has 1 aromatic rings. The molecule has 1 atom stereocenters. The van der Waals surface area contributed by atoms with Gasteiger partial charge in [-0.3, -0.25) is 0 Å². The zero-order chi connectivity index (χ0) is 14.6. The number of rotatable bonds is 6. The van der Waals surface area contributed by atoms with E-state index in [0.29, 0.717) is 5.41 Å². The van der Waals surface area contributed by atoms with Gasteiger partial charge in [-0.15, -0.1) is 0 Å². The Morgan fingerprint density at radius 3 is 2.35 bits per heavy atom. The Kier molecular flexibility index (Phi) is 4.92. The minimum atomic E-state index is 0.230. The molecule has 0 heterocycles. The molecule has 0 amide bonds. The SMILES string of the molecule is CCC1(C(N)Cc2ccc(OC)c(OC)c2)CCCC1. The van der Waals surface area contributed by atoms with Crippen LogP contribution in [0.2, 0.25) is 0 Å². The number of ether oxygens (including phenoxy) is 2. The minimum absolute atomic E-state index is 0.230. The van der Waals surface area contributed by atoms with E-state index in [0.717, 1.165) is 17.9 Å². The first-order valence-corrected chi connectivity index (χ1v) is 7.61. The monoisotopic (exact) mass is 277 g/mol. The Bertz CT molecular complexity index is 439. The van der Waals surface area contributed by atoms with Crippen molar-refractivity contribution in [2.75, 3.05) is 14.2 Å². The summed E-state index contributed by atoms with van der Waals surface area (Å²) in [5, 5.41) is 0. The fourth-order valence-corrected chi connectivity index (χ4v) is 3.54. The van der Waals surface area contributed by atoms with Gasteiger partial charge in [0.2, 0.25) is 0 Å². The van der Waals surface area contributed by atoms with Crippen LogP contribution in [0.25, 0.3) is 0 Å². The summed E-state index contributed by atoms with van der Waals surface area (Å²) in [5.74, 6) is 1.56. The van der Waals surface area contributed by atoms with Crippen LogP contribution in [0.15, 0.2) is 18.2 Å². The Morgan fingerprint density at radius 1 is 1.15 bits per heavy atom. The molecular formula is C17H27NO2. The highest BCUT2D eigenvalue weighted by atomic mass is 16.5. The molecule has 1 aliphatic rings. The normalized spacial score (nSPS) is 18.8. The molecule has 0 spiro atoms. The molecule has 0 aromatic heterocycles. The van der Waals surface area contributed by atoms with Gasteiger partial charge in [-0.05, 0) is 48.8 Å². The fraction of sp³-hybridized carbons (Fsp3) is 0.647. The number of methoxy groups -OCH3 is 2. The minimum Gasteiger partial charge on any atom is -0.493 e. The van der Waals surface area contributed by atoms with Gasteiger partial charge in [0.15, 0.2) is 11.5 Å². The number of hydrogen-bond acceptors (Lipinski definition) is 3. The van der Waals surface area contributed by atoms with Crippen molar-refractivity contribution < 1.29 is 9.47 Å². The highest BCUT2D eigenvalue weighted by molar-refractivity contribution is 5.43. The van der Waals surface area contributed by atoms with Crippen molar-refractivity contribution in [2.45, 2.75) is 51.5 Å². The third-order valence-electron chi connectivity index (χ3n) is 4.99. The Hall–Kier alpha value is -1.22. The first kappa shape index (κ1) is 15.2. The second-order valence-electron chi connectivity index (χ2n) is 5.92. The zero-order valence-corrected chi connectivity index (χ0v) is 12.9. The number of hydrogen-bond donors (Lipinski definition) is 1. The number of nitrogens with two attached hydrogens (primary N) is 1. The molecular weight excluding hydrogens is 250 g/mol. The fourth-order valence-electron chi connectivity index (χ4n) is 3.54. The lowest BCUT2D eigenvalue weighted by Gasteiger charge is -2.34. The van der Waals surface area contributed by atoms with Crippen LogP contribution in [0, 0.1) is 5.41 Å². The van der Waals surface area contributed by atoms with E-state index in [1.165, 1.54) is 37.7 Å². The van der Waals surface area contributed by atoms with E-state index in [4.69, 9.17) is 15.2 Å². The van der Waals surface area contributed by atoms with Crippen LogP contribution in [0.4, 0.5) is 0 Å². The molecule has 0 saturated heterocycles. The number of benzene rings is 1. The van der Waals surface area contributed by atoms with E-state index >= 15 is 0 Å². The average molecular weight is 277 g/mol. The predicted octanol–water partition coefficient (Wildman–Crippen LogP) is 3.54. The van der Waals surface area contributed by atoms with Crippen molar-refractivity contribution in [1.82, 2.24) is 0 Å². The quantitative estimate of drug-likeness (QED) is 0.865. The van der Waals surface area contributed by atoms with Crippen LogP contribution >= 0.6 is 0 Å². The van der Waals surface area contributed by atoms with E-state index in [1.807, 2.05) is 6.07 Å². The third-order valence-corrected chi connectivity index (χ3v) is 4.99. The molecule has 1 aromatic carbocycles. The topological polar surface area (TPSA) is 44.5 Å². The van der Waals surface area contributed by atoms with Crippen LogP contribution in [-0.2, 0) is 6.42 Å². The molecule has 0 aliphatic heterocycles. The zero-order valence-electron chi connectivity index (χ0n) is 12.9. The van der Waals surface area contributed by atoms with Gasteiger partial charge in [-0.1, -0.05) is 25.8 Å². The van der Waals surface area contributed by atoms with Crippen molar-refractivity contribution >= 4 is 0 Å². The van der Waals surface area contributed by atoms with Gasteiger partial charge in [0.1, 0.15) is 0 Å². The summed E-state index contributed by atoms with van der Waals surface area (Å²) in [7, 11) is 3.33. The van der Waals surface area contributed by atoms with Crippen molar-refractivity contribution in [3.8, 4) is 11.5 Å². The van der Waals surface area contributed by atoms with Crippen molar-refractivity contribution in [3.05, 3.63) is 23.8 Å². The van der Waals surface area contributed by atoms with Gasteiger partial charge in [0.05, 0.1) is 14.2 Å². The van der Waals surface area contributed by atoms with E-state index in [2.05, 4.69) is 19.1 Å². The Balaban J connectivity index is 2.13. The van der Waals surface area contributed by atoms with Gasteiger partial charge in [0.25, 0.3) is 0 Å². The van der Waals surface area contributed by atoms with E-state index in [1.54, 1.807) is 14.2 Å². The third kappa shape index (κ3) is 2.93. The first-order chi connectivity index (χ1) is 9.65. The molecule has 20 heavy (non-hydrogen) atoms. The van der Waals surface area contributed by atoms with Crippen LogP contribution in [0.3, 0.4) is 0 Å². The summed E-state index contributed by atoms with van der Waals surface area (Å²) in [6.45, 7) is 2.28. The van der Waals surface area contributed by atoms with Crippen LogP contribution in [0.1, 0.15) is 44.6 Å². The lowest BCUT2D eigenvalue weighted by atomic mass is 9.74. The van der Waals surface area contributed by atoms with E-state index in [-0.39, 0.29) is 6.04 Å². The predicted molar refractivity (Wildman–Crippen MR) is 82.4 cm³/mol. The van der Waals surface area contributed by atoms with Crippen molar-refractivity contribution in [1.29, 1.82) is 0 Å². The summed E-state index contributed by atoms with van der Waals surface area (Å²) >= 11 is 0. The molecule has 1 saturated carbocycles. The molecule has 0 radical (unpaired) electrons. The second-order valence-corrected chi connectivity index (χ2v) is 5.92. The molecule has 112 valence electrons. The molecule has 2 rings (SSSR count). The molecule has 1 aliphatic carbocycles. The van der Waals surface area contributed by atoms with Crippen LogP contribution in [0.5, 0.6) is 11.5 Å². The lowest BCUT2D eigenvalue weighted by molar-refractivity contribution is 0.218. The van der Waals surface area contributed by atoms with Gasteiger partial charge >= 0.3 is 0 Å². The van der Waals surface area contributed by atoms with Gasteiger partial charge < -0.3 is 15.2 Å². The maximum Gasteiger partial charge on any atom is 0.160 e. The smallest absolute Gasteiger partial charge is 0.160 e.